The van der Waals surface area contributed by atoms with Crippen molar-refractivity contribution in [1.82, 2.24) is 0 Å². The van der Waals surface area contributed by atoms with Crippen LogP contribution in [0.5, 0.6) is 5.75 Å². The summed E-state index contributed by atoms with van der Waals surface area (Å²) in [5.41, 5.74) is 1.79. The highest BCUT2D eigenvalue weighted by Gasteiger charge is 2.28. The zero-order valence-electron chi connectivity index (χ0n) is 7.58. The molecule has 1 aromatic carbocycles. The Balaban J connectivity index is 2.45. The molecule has 1 N–H and O–H groups in total. The third kappa shape index (κ3) is 1.22. The first kappa shape index (κ1) is 8.30. The molecule has 2 nitrogen and oxygen atoms in total. The highest BCUT2D eigenvalue weighted by atomic mass is 16.3. The third-order valence-corrected chi connectivity index (χ3v) is 2.69. The predicted octanol–water partition coefficient (Wildman–Crippen LogP) is 2.16. The molecule has 0 aromatic heterocycles. The Bertz CT molecular complexity index is 355. The summed E-state index contributed by atoms with van der Waals surface area (Å²) in [6.45, 7) is 2.02. The molecule has 1 aliphatic rings. The summed E-state index contributed by atoms with van der Waals surface area (Å²) in [5, 5.41) is 9.22. The molecule has 0 fully saturated rings. The van der Waals surface area contributed by atoms with Crippen LogP contribution in [0.1, 0.15) is 29.3 Å². The van der Waals surface area contributed by atoms with E-state index in [-0.39, 0.29) is 17.5 Å². The fourth-order valence-corrected chi connectivity index (χ4v) is 1.88. The van der Waals surface area contributed by atoms with Crippen LogP contribution in [-0.4, -0.2) is 10.9 Å². The van der Waals surface area contributed by atoms with E-state index >= 15 is 0 Å². The second-order valence-corrected chi connectivity index (χ2v) is 3.51. The van der Waals surface area contributed by atoms with Crippen molar-refractivity contribution in [2.75, 3.05) is 0 Å². The van der Waals surface area contributed by atoms with Gasteiger partial charge in [0.05, 0.1) is 0 Å². The number of benzene rings is 1. The molecular weight excluding hydrogens is 164 g/mol. The van der Waals surface area contributed by atoms with Gasteiger partial charge in [-0.15, -0.1) is 0 Å². The molecule has 0 aliphatic heterocycles. The van der Waals surface area contributed by atoms with E-state index in [4.69, 9.17) is 0 Å². The maximum atomic E-state index is 11.7. The smallest absolute Gasteiger partial charge is 0.166 e. The van der Waals surface area contributed by atoms with Crippen LogP contribution in [-0.2, 0) is 6.42 Å². The number of phenols is 1. The van der Waals surface area contributed by atoms with E-state index in [1.54, 1.807) is 12.1 Å². The van der Waals surface area contributed by atoms with Crippen molar-refractivity contribution in [1.29, 1.82) is 0 Å². The van der Waals surface area contributed by atoms with Gasteiger partial charge < -0.3 is 5.11 Å². The van der Waals surface area contributed by atoms with Gasteiger partial charge in [-0.05, 0) is 30.5 Å². The van der Waals surface area contributed by atoms with Crippen LogP contribution in [0.25, 0.3) is 0 Å². The minimum atomic E-state index is 0.136. The van der Waals surface area contributed by atoms with Gasteiger partial charge in [0, 0.05) is 11.5 Å². The molecule has 0 heterocycles. The van der Waals surface area contributed by atoms with Crippen LogP contribution >= 0.6 is 0 Å². The number of hydrogen-bond donors (Lipinski definition) is 1. The lowest BCUT2D eigenvalue weighted by atomic mass is 10.0. The molecule has 2 heteroatoms. The van der Waals surface area contributed by atoms with E-state index < -0.39 is 0 Å². The summed E-state index contributed by atoms with van der Waals surface area (Å²) >= 11 is 0. The molecule has 0 saturated carbocycles. The van der Waals surface area contributed by atoms with Gasteiger partial charge in [-0.1, -0.05) is 13.0 Å². The Morgan fingerprint density at radius 1 is 1.54 bits per heavy atom. The number of carbonyl (C=O) groups is 1. The fourth-order valence-electron chi connectivity index (χ4n) is 1.88. The van der Waals surface area contributed by atoms with Gasteiger partial charge in [-0.3, -0.25) is 4.79 Å². The van der Waals surface area contributed by atoms with Crippen LogP contribution in [0, 0.1) is 5.92 Å². The van der Waals surface area contributed by atoms with Gasteiger partial charge in [-0.25, -0.2) is 0 Å². The zero-order valence-corrected chi connectivity index (χ0v) is 7.58. The number of rotatable bonds is 1. The Labute approximate surface area is 77.2 Å². The monoisotopic (exact) mass is 176 g/mol. The lowest BCUT2D eigenvalue weighted by Gasteiger charge is -2.00. The van der Waals surface area contributed by atoms with Gasteiger partial charge in [-0.2, -0.15) is 0 Å². The Morgan fingerprint density at radius 2 is 2.31 bits per heavy atom. The molecule has 1 atom stereocenters. The van der Waals surface area contributed by atoms with Crippen molar-refractivity contribution in [2.24, 2.45) is 5.92 Å². The number of hydrogen-bond acceptors (Lipinski definition) is 2. The van der Waals surface area contributed by atoms with Crippen molar-refractivity contribution in [3.63, 3.8) is 0 Å². The van der Waals surface area contributed by atoms with E-state index in [1.807, 2.05) is 13.0 Å². The van der Waals surface area contributed by atoms with Crippen molar-refractivity contribution < 1.29 is 9.90 Å². The molecule has 68 valence electrons. The summed E-state index contributed by atoms with van der Waals surface area (Å²) in [6.07, 6.45) is 1.72. The van der Waals surface area contributed by atoms with Crippen LogP contribution in [0.2, 0.25) is 0 Å². The number of fused-ring (bicyclic) bond motifs is 1. The summed E-state index contributed by atoms with van der Waals surface area (Å²) < 4.78 is 0. The standard InChI is InChI=1S/C11H12O2/c1-2-7-5-8-3-4-9(12)6-10(8)11(7)13/h3-4,6-7,12H,2,5H2,1H3/t7-/m0/s1. The normalized spacial score (nSPS) is 20.4. The zero-order chi connectivity index (χ0) is 9.42. The summed E-state index contributed by atoms with van der Waals surface area (Å²) in [7, 11) is 0. The third-order valence-electron chi connectivity index (χ3n) is 2.69. The summed E-state index contributed by atoms with van der Waals surface area (Å²) in [5.74, 6) is 0.508. The molecule has 0 unspecified atom stereocenters. The Morgan fingerprint density at radius 3 is 3.00 bits per heavy atom. The van der Waals surface area contributed by atoms with Gasteiger partial charge in [0.1, 0.15) is 5.75 Å². The maximum Gasteiger partial charge on any atom is 0.166 e. The highest BCUT2D eigenvalue weighted by molar-refractivity contribution is 6.02. The van der Waals surface area contributed by atoms with E-state index in [1.165, 1.54) is 0 Å². The lowest BCUT2D eigenvalue weighted by Crippen LogP contribution is -2.06. The lowest BCUT2D eigenvalue weighted by molar-refractivity contribution is 0.0934. The molecule has 1 aliphatic carbocycles. The number of aromatic hydroxyl groups is 1. The molecule has 0 spiro atoms. The molecule has 2 rings (SSSR count). The number of carbonyl (C=O) groups excluding carboxylic acids is 1. The average Bonchev–Trinajstić information content (AvgIpc) is 2.44. The average molecular weight is 176 g/mol. The molecular formula is C11H12O2. The van der Waals surface area contributed by atoms with Crippen molar-refractivity contribution in [2.45, 2.75) is 19.8 Å². The molecule has 0 radical (unpaired) electrons. The Kier molecular flexibility index (Phi) is 1.83. The first-order chi connectivity index (χ1) is 6.22. The van der Waals surface area contributed by atoms with E-state index in [2.05, 4.69) is 0 Å². The fraction of sp³-hybridized carbons (Fsp3) is 0.364. The van der Waals surface area contributed by atoms with E-state index in [0.717, 1.165) is 18.4 Å². The highest BCUT2D eigenvalue weighted by Crippen LogP contribution is 2.30. The van der Waals surface area contributed by atoms with Gasteiger partial charge in [0.25, 0.3) is 0 Å². The summed E-state index contributed by atoms with van der Waals surface area (Å²) in [4.78, 5) is 11.7. The second-order valence-electron chi connectivity index (χ2n) is 3.51. The topological polar surface area (TPSA) is 37.3 Å². The predicted molar refractivity (Wildman–Crippen MR) is 49.9 cm³/mol. The van der Waals surface area contributed by atoms with Crippen LogP contribution in [0.4, 0.5) is 0 Å². The number of phenolic OH excluding ortho intramolecular Hbond substituents is 1. The SMILES string of the molecule is CC[C@H]1Cc2ccc(O)cc2C1=O. The number of ketones is 1. The molecule has 1 aromatic rings. The largest absolute Gasteiger partial charge is 0.508 e. The van der Waals surface area contributed by atoms with Gasteiger partial charge in [0.15, 0.2) is 5.78 Å². The maximum absolute atomic E-state index is 11.7. The van der Waals surface area contributed by atoms with Crippen molar-refractivity contribution >= 4 is 5.78 Å². The van der Waals surface area contributed by atoms with Gasteiger partial charge in [0.2, 0.25) is 0 Å². The Hall–Kier alpha value is -1.31. The van der Waals surface area contributed by atoms with Crippen LogP contribution in [0.3, 0.4) is 0 Å². The minimum absolute atomic E-state index is 0.136. The van der Waals surface area contributed by atoms with Gasteiger partial charge >= 0.3 is 0 Å². The minimum Gasteiger partial charge on any atom is -0.508 e. The van der Waals surface area contributed by atoms with E-state index in [9.17, 15) is 9.90 Å². The molecule has 0 bridgehead atoms. The second kappa shape index (κ2) is 2.87. The molecule has 13 heavy (non-hydrogen) atoms. The molecule has 0 amide bonds. The molecule has 0 saturated heterocycles. The first-order valence-corrected chi connectivity index (χ1v) is 4.58. The first-order valence-electron chi connectivity index (χ1n) is 4.58. The quantitative estimate of drug-likeness (QED) is 0.711. The van der Waals surface area contributed by atoms with Crippen LogP contribution < -0.4 is 0 Å². The van der Waals surface area contributed by atoms with E-state index in [0.29, 0.717) is 5.56 Å². The summed E-state index contributed by atoms with van der Waals surface area (Å²) in [6, 6.07) is 5.07. The van der Waals surface area contributed by atoms with Crippen molar-refractivity contribution in [3.8, 4) is 5.75 Å². The number of Topliss-reactive ketones (excluding diaryl/α,β-unsaturated/α-hetero) is 1. The van der Waals surface area contributed by atoms with Crippen molar-refractivity contribution in [3.05, 3.63) is 29.3 Å². The van der Waals surface area contributed by atoms with Crippen LogP contribution in [0.15, 0.2) is 18.2 Å².